The third kappa shape index (κ3) is 3.52. The molecule has 2 amide bonds. The minimum atomic E-state index is -0.447. The molecule has 1 aromatic carbocycles. The van der Waals surface area contributed by atoms with Crippen molar-refractivity contribution in [1.29, 1.82) is 0 Å². The van der Waals surface area contributed by atoms with Crippen LogP contribution in [0, 0.1) is 0 Å². The molecule has 6 heteroatoms. The fraction of sp³-hybridized carbons (Fsp3) is 0.318. The van der Waals surface area contributed by atoms with Gasteiger partial charge in [0, 0.05) is 34.7 Å². The lowest BCUT2D eigenvalue weighted by atomic mass is 9.89. The van der Waals surface area contributed by atoms with Crippen molar-refractivity contribution in [3.63, 3.8) is 0 Å². The van der Waals surface area contributed by atoms with Crippen LogP contribution in [0.2, 0.25) is 0 Å². The van der Waals surface area contributed by atoms with E-state index in [0.717, 1.165) is 41.4 Å². The lowest BCUT2D eigenvalue weighted by Gasteiger charge is -2.32. The molecule has 1 aliphatic heterocycles. The zero-order valence-electron chi connectivity index (χ0n) is 15.9. The number of pyridine rings is 1. The quantitative estimate of drug-likeness (QED) is 0.728. The summed E-state index contributed by atoms with van der Waals surface area (Å²) >= 11 is 1.64. The number of amides is 2. The standard InChI is InChI=1S/C22H23N3O2S/c1-2-17-11-16(13-28-17)22(27)25-9-7-14(8-10-25)20-18(21(23)26)12-15-5-3-4-6-19(15)24-20/h3-6,11-14H,2,7-10H2,1H3,(H2,23,26). The molecule has 144 valence electrons. The third-order valence-corrected chi connectivity index (χ3v) is 6.52. The number of aryl methyl sites for hydroxylation is 1. The molecule has 2 N–H and O–H groups in total. The molecule has 0 unspecified atom stereocenters. The van der Waals surface area contributed by atoms with E-state index in [1.807, 2.05) is 46.7 Å². The van der Waals surface area contributed by atoms with Gasteiger partial charge in [0.15, 0.2) is 0 Å². The summed E-state index contributed by atoms with van der Waals surface area (Å²) in [5.41, 5.74) is 8.54. The number of benzene rings is 1. The molecule has 0 atom stereocenters. The fourth-order valence-electron chi connectivity index (χ4n) is 3.86. The van der Waals surface area contributed by atoms with Crippen LogP contribution in [0.15, 0.2) is 41.8 Å². The molecule has 1 aliphatic rings. The molecular weight excluding hydrogens is 370 g/mol. The number of aromatic nitrogens is 1. The van der Waals surface area contributed by atoms with Crippen LogP contribution in [0.4, 0.5) is 0 Å². The summed E-state index contributed by atoms with van der Waals surface area (Å²) in [5.74, 6) is -0.224. The first-order valence-electron chi connectivity index (χ1n) is 9.63. The molecule has 0 radical (unpaired) electrons. The van der Waals surface area contributed by atoms with Crippen molar-refractivity contribution >= 4 is 34.1 Å². The number of thiophene rings is 1. The van der Waals surface area contributed by atoms with Crippen molar-refractivity contribution in [3.05, 3.63) is 63.5 Å². The molecule has 2 aromatic heterocycles. The zero-order chi connectivity index (χ0) is 19.7. The first kappa shape index (κ1) is 18.6. The summed E-state index contributed by atoms with van der Waals surface area (Å²) < 4.78 is 0. The second-order valence-corrected chi connectivity index (χ2v) is 8.20. The van der Waals surface area contributed by atoms with E-state index in [1.54, 1.807) is 11.3 Å². The van der Waals surface area contributed by atoms with Crippen molar-refractivity contribution in [1.82, 2.24) is 9.88 Å². The van der Waals surface area contributed by atoms with E-state index in [0.29, 0.717) is 18.7 Å². The minimum Gasteiger partial charge on any atom is -0.366 e. The van der Waals surface area contributed by atoms with Gasteiger partial charge in [-0.1, -0.05) is 25.1 Å². The van der Waals surface area contributed by atoms with Crippen LogP contribution < -0.4 is 5.73 Å². The Labute approximate surface area is 168 Å². The first-order chi connectivity index (χ1) is 13.6. The van der Waals surface area contributed by atoms with Gasteiger partial charge in [-0.2, -0.15) is 0 Å². The Morgan fingerprint density at radius 2 is 1.96 bits per heavy atom. The SMILES string of the molecule is CCc1cc(C(=O)N2CCC(c3nc4ccccc4cc3C(N)=O)CC2)cs1. The molecular formula is C22H23N3O2S. The molecule has 28 heavy (non-hydrogen) atoms. The van der Waals surface area contributed by atoms with Gasteiger partial charge in [0.25, 0.3) is 11.8 Å². The molecule has 3 aromatic rings. The summed E-state index contributed by atoms with van der Waals surface area (Å²) in [6.07, 6.45) is 2.51. The Bertz CT molecular complexity index is 1040. The molecule has 0 aliphatic carbocycles. The number of carbonyl (C=O) groups is 2. The fourth-order valence-corrected chi connectivity index (χ4v) is 4.67. The van der Waals surface area contributed by atoms with Crippen molar-refractivity contribution in [3.8, 4) is 0 Å². The van der Waals surface area contributed by atoms with Crippen LogP contribution >= 0.6 is 11.3 Å². The molecule has 0 bridgehead atoms. The van der Waals surface area contributed by atoms with Crippen LogP contribution in [-0.4, -0.2) is 34.8 Å². The summed E-state index contributed by atoms with van der Waals surface area (Å²) in [6.45, 7) is 3.42. The number of nitrogens with zero attached hydrogens (tertiary/aromatic N) is 2. The van der Waals surface area contributed by atoms with Gasteiger partial charge in [-0.15, -0.1) is 11.3 Å². The zero-order valence-corrected chi connectivity index (χ0v) is 16.7. The van der Waals surface area contributed by atoms with Gasteiger partial charge in [-0.25, -0.2) is 0 Å². The molecule has 0 saturated carbocycles. The highest BCUT2D eigenvalue weighted by Gasteiger charge is 2.28. The van der Waals surface area contributed by atoms with Gasteiger partial charge in [0.1, 0.15) is 0 Å². The maximum absolute atomic E-state index is 12.8. The number of hydrogen-bond acceptors (Lipinski definition) is 4. The monoisotopic (exact) mass is 393 g/mol. The number of rotatable bonds is 4. The largest absolute Gasteiger partial charge is 0.366 e. The Hall–Kier alpha value is -2.73. The topological polar surface area (TPSA) is 76.3 Å². The molecule has 1 saturated heterocycles. The highest BCUT2D eigenvalue weighted by Crippen LogP contribution is 2.31. The average molecular weight is 394 g/mol. The summed E-state index contributed by atoms with van der Waals surface area (Å²) in [6, 6.07) is 11.6. The molecule has 3 heterocycles. The predicted molar refractivity (Wildman–Crippen MR) is 112 cm³/mol. The van der Waals surface area contributed by atoms with Gasteiger partial charge < -0.3 is 10.6 Å². The number of fused-ring (bicyclic) bond motifs is 1. The highest BCUT2D eigenvalue weighted by molar-refractivity contribution is 7.10. The van der Waals surface area contributed by atoms with Crippen molar-refractivity contribution in [2.45, 2.75) is 32.1 Å². The number of primary amides is 1. The second-order valence-electron chi connectivity index (χ2n) is 7.20. The maximum Gasteiger partial charge on any atom is 0.254 e. The van der Waals surface area contributed by atoms with E-state index in [4.69, 9.17) is 10.7 Å². The predicted octanol–water partition coefficient (Wildman–Crippen LogP) is 3.98. The Morgan fingerprint density at radius 3 is 2.64 bits per heavy atom. The maximum atomic E-state index is 12.8. The smallest absolute Gasteiger partial charge is 0.254 e. The number of hydrogen-bond donors (Lipinski definition) is 1. The van der Waals surface area contributed by atoms with Gasteiger partial charge >= 0.3 is 0 Å². The van der Waals surface area contributed by atoms with Crippen molar-refractivity contribution < 1.29 is 9.59 Å². The van der Waals surface area contributed by atoms with E-state index in [9.17, 15) is 9.59 Å². The van der Waals surface area contributed by atoms with Crippen LogP contribution in [0.5, 0.6) is 0 Å². The van der Waals surface area contributed by atoms with E-state index in [1.165, 1.54) is 4.88 Å². The number of likely N-dealkylation sites (tertiary alicyclic amines) is 1. The number of piperidine rings is 1. The van der Waals surface area contributed by atoms with E-state index in [-0.39, 0.29) is 11.8 Å². The Kier molecular flexibility index (Phi) is 5.13. The molecule has 1 fully saturated rings. The third-order valence-electron chi connectivity index (χ3n) is 5.44. The number of nitrogens with two attached hydrogens (primary N) is 1. The number of carbonyl (C=O) groups excluding carboxylic acids is 2. The first-order valence-corrected chi connectivity index (χ1v) is 10.5. The van der Waals surface area contributed by atoms with Gasteiger partial charge in [0.2, 0.25) is 0 Å². The lowest BCUT2D eigenvalue weighted by molar-refractivity contribution is 0.0711. The van der Waals surface area contributed by atoms with E-state index in [2.05, 4.69) is 6.92 Å². The van der Waals surface area contributed by atoms with Crippen LogP contribution in [-0.2, 0) is 6.42 Å². The Morgan fingerprint density at radius 1 is 1.21 bits per heavy atom. The highest BCUT2D eigenvalue weighted by atomic mass is 32.1. The van der Waals surface area contributed by atoms with Crippen LogP contribution in [0.3, 0.4) is 0 Å². The van der Waals surface area contributed by atoms with Crippen molar-refractivity contribution in [2.75, 3.05) is 13.1 Å². The Balaban J connectivity index is 1.54. The normalized spacial score (nSPS) is 15.1. The van der Waals surface area contributed by atoms with Crippen LogP contribution in [0.25, 0.3) is 10.9 Å². The van der Waals surface area contributed by atoms with E-state index >= 15 is 0 Å². The van der Waals surface area contributed by atoms with Gasteiger partial charge in [0.05, 0.1) is 22.3 Å². The summed E-state index contributed by atoms with van der Waals surface area (Å²) in [4.78, 5) is 32.7. The molecule has 4 rings (SSSR count). The lowest BCUT2D eigenvalue weighted by Crippen LogP contribution is -2.38. The van der Waals surface area contributed by atoms with Crippen LogP contribution in [0.1, 0.15) is 57.0 Å². The van der Waals surface area contributed by atoms with Crippen molar-refractivity contribution in [2.24, 2.45) is 5.73 Å². The molecule has 0 spiro atoms. The van der Waals surface area contributed by atoms with E-state index < -0.39 is 5.91 Å². The average Bonchev–Trinajstić information content (AvgIpc) is 3.21. The molecule has 5 nitrogen and oxygen atoms in total. The minimum absolute atomic E-state index is 0.0935. The van der Waals surface area contributed by atoms with Gasteiger partial charge in [-0.3, -0.25) is 14.6 Å². The van der Waals surface area contributed by atoms with Gasteiger partial charge in [-0.05, 0) is 37.5 Å². The summed E-state index contributed by atoms with van der Waals surface area (Å²) in [7, 11) is 0. The number of para-hydroxylation sites is 1. The summed E-state index contributed by atoms with van der Waals surface area (Å²) in [5, 5.41) is 2.86. The second kappa shape index (κ2) is 7.72.